The molecule has 0 aliphatic rings. The van der Waals surface area contributed by atoms with Gasteiger partial charge in [-0.15, -0.1) is 15.5 Å². The number of alkyl halides is 3. The molecule has 0 bridgehead atoms. The monoisotopic (exact) mass is 337 g/mol. The first-order chi connectivity index (χ1) is 9.19. The molecule has 0 fully saturated rings. The second-order valence-corrected chi connectivity index (χ2v) is 7.97. The number of hydrogen-bond donors (Lipinski definition) is 2. The Kier molecular flexibility index (Phi) is 2.81. The van der Waals surface area contributed by atoms with E-state index in [1.807, 2.05) is 0 Å². The average molecular weight is 337 g/mol. The van der Waals surface area contributed by atoms with Crippen molar-refractivity contribution in [3.05, 3.63) is 18.2 Å². The van der Waals surface area contributed by atoms with Gasteiger partial charge >= 0.3 is 6.18 Å². The third-order valence-electron chi connectivity index (χ3n) is 2.79. The number of fused-ring (bicyclic) bond motifs is 1. The van der Waals surface area contributed by atoms with Gasteiger partial charge in [-0.3, -0.25) is 0 Å². The highest BCUT2D eigenvalue weighted by molar-refractivity contribution is 8.49. The maximum absolute atomic E-state index is 13.8. The number of nitrogens with zero attached hydrogens (tertiary/aromatic N) is 1. The van der Waals surface area contributed by atoms with Crippen molar-refractivity contribution in [2.24, 2.45) is 0 Å². The molecule has 0 spiro atoms. The van der Waals surface area contributed by atoms with Gasteiger partial charge in [-0.05, 0) is 18.2 Å². The lowest BCUT2D eigenvalue weighted by Gasteiger charge is -2.50. The Morgan fingerprint density at radius 2 is 1.76 bits per heavy atom. The Balaban J connectivity index is 2.51. The van der Waals surface area contributed by atoms with Crippen molar-refractivity contribution in [2.75, 3.05) is 11.5 Å². The van der Waals surface area contributed by atoms with Crippen molar-refractivity contribution in [1.82, 2.24) is 9.97 Å². The summed E-state index contributed by atoms with van der Waals surface area (Å²) < 4.78 is 91.3. The van der Waals surface area contributed by atoms with Crippen molar-refractivity contribution >= 4 is 26.8 Å². The predicted octanol–water partition coefficient (Wildman–Crippen LogP) is 4.87. The molecule has 21 heavy (non-hydrogen) atoms. The number of nitrogens with one attached hydrogen (secondary N) is 1. The standard InChI is InChI=1S/C10H10F7N3S/c11-10(12,13)3-4-21(14,15,16,17)6-1-2-7-8(5-6)20-9(18)19-7/h1-2,5H,3-4H2,(H3,18,19,20). The van der Waals surface area contributed by atoms with Crippen molar-refractivity contribution in [1.29, 1.82) is 0 Å². The molecule has 0 saturated carbocycles. The van der Waals surface area contributed by atoms with E-state index in [9.17, 15) is 28.7 Å². The van der Waals surface area contributed by atoms with E-state index in [1.165, 1.54) is 0 Å². The van der Waals surface area contributed by atoms with E-state index in [2.05, 4.69) is 9.97 Å². The summed E-state index contributed by atoms with van der Waals surface area (Å²) in [6, 6.07) is 1.61. The zero-order valence-electron chi connectivity index (χ0n) is 10.2. The first-order valence-corrected chi connectivity index (χ1v) is 7.72. The molecular weight excluding hydrogens is 327 g/mol. The Hall–Kier alpha value is -1.65. The molecule has 0 radical (unpaired) electrons. The highest BCUT2D eigenvalue weighted by Gasteiger charge is 2.65. The van der Waals surface area contributed by atoms with Crippen molar-refractivity contribution in [3.8, 4) is 0 Å². The van der Waals surface area contributed by atoms with Crippen LogP contribution in [0.4, 0.5) is 34.7 Å². The van der Waals surface area contributed by atoms with Crippen LogP contribution in [0.25, 0.3) is 11.0 Å². The van der Waals surface area contributed by atoms with Gasteiger partial charge < -0.3 is 10.7 Å². The molecule has 0 unspecified atom stereocenters. The lowest BCUT2D eigenvalue weighted by atomic mass is 10.3. The Morgan fingerprint density at radius 1 is 1.14 bits per heavy atom. The summed E-state index contributed by atoms with van der Waals surface area (Å²) in [7, 11) is -9.03. The number of benzene rings is 1. The van der Waals surface area contributed by atoms with Crippen LogP contribution in [0.1, 0.15) is 6.42 Å². The number of rotatable bonds is 3. The predicted molar refractivity (Wildman–Crippen MR) is 66.3 cm³/mol. The normalized spacial score (nSPS) is 16.7. The van der Waals surface area contributed by atoms with Crippen LogP contribution in [0.15, 0.2) is 23.1 Å². The maximum atomic E-state index is 13.8. The van der Waals surface area contributed by atoms with Gasteiger partial charge in [0, 0.05) is 0 Å². The molecule has 2 aromatic rings. The Morgan fingerprint density at radius 3 is 2.33 bits per heavy atom. The Bertz CT molecular complexity index is 699. The number of anilines is 1. The van der Waals surface area contributed by atoms with Gasteiger partial charge in [0.25, 0.3) is 0 Å². The fraction of sp³-hybridized carbons (Fsp3) is 0.300. The second kappa shape index (κ2) is 3.76. The molecule has 3 N–H and O–H groups in total. The van der Waals surface area contributed by atoms with Crippen molar-refractivity contribution in [2.45, 2.75) is 17.5 Å². The highest BCUT2D eigenvalue weighted by Crippen LogP contribution is 3.00. The smallest absolute Gasteiger partial charge is 0.369 e. The summed E-state index contributed by atoms with van der Waals surface area (Å²) in [5.41, 5.74) is 5.11. The molecule has 1 aromatic heterocycles. The summed E-state index contributed by atoms with van der Waals surface area (Å²) in [5, 5.41) is 0. The first-order valence-electron chi connectivity index (χ1n) is 5.50. The molecular formula is C10H10F7N3S. The highest BCUT2D eigenvalue weighted by atomic mass is 32.5. The van der Waals surface area contributed by atoms with Crippen LogP contribution in [-0.4, -0.2) is 21.9 Å². The van der Waals surface area contributed by atoms with Crippen molar-refractivity contribution < 1.29 is 28.7 Å². The number of imidazole rings is 1. The van der Waals surface area contributed by atoms with Crippen molar-refractivity contribution in [3.63, 3.8) is 0 Å². The number of nitrogens with two attached hydrogens (primary N) is 1. The molecule has 2 rings (SSSR count). The quantitative estimate of drug-likeness (QED) is 0.785. The van der Waals surface area contributed by atoms with Gasteiger partial charge in [0.15, 0.2) is 15.8 Å². The minimum absolute atomic E-state index is 0.0560. The summed E-state index contributed by atoms with van der Waals surface area (Å²) in [5.74, 6) is -2.75. The fourth-order valence-corrected chi connectivity index (χ4v) is 3.36. The molecule has 1 heterocycles. The molecule has 11 heteroatoms. The number of aromatic nitrogens is 2. The van der Waals surface area contributed by atoms with E-state index in [-0.39, 0.29) is 17.0 Å². The van der Waals surface area contributed by atoms with E-state index in [0.29, 0.717) is 12.1 Å². The maximum Gasteiger partial charge on any atom is 0.390 e. The third-order valence-corrected chi connectivity index (χ3v) is 5.12. The fourth-order valence-electron chi connectivity index (χ4n) is 1.73. The van der Waals surface area contributed by atoms with E-state index in [4.69, 9.17) is 5.73 Å². The van der Waals surface area contributed by atoms with E-state index < -0.39 is 33.1 Å². The molecule has 0 saturated heterocycles. The molecule has 0 amide bonds. The zero-order valence-corrected chi connectivity index (χ0v) is 11.0. The minimum atomic E-state index is -9.03. The summed E-state index contributed by atoms with van der Waals surface area (Å²) in [6.45, 7) is 0. The van der Waals surface area contributed by atoms with Crippen LogP contribution in [0, 0.1) is 0 Å². The molecule has 0 aliphatic heterocycles. The van der Waals surface area contributed by atoms with Gasteiger partial charge in [-0.2, -0.15) is 13.2 Å². The number of nitrogen functional groups attached to an aromatic ring is 1. The number of aromatic amines is 1. The van der Waals surface area contributed by atoms with Gasteiger partial charge in [0.1, 0.15) is 0 Å². The molecule has 1 aromatic carbocycles. The zero-order chi connectivity index (χ0) is 16.2. The number of H-pyrrole nitrogens is 1. The van der Waals surface area contributed by atoms with Gasteiger partial charge in [-0.1, -0.05) is 0 Å². The largest absolute Gasteiger partial charge is 0.390 e. The summed E-state index contributed by atoms with van der Waals surface area (Å²) >= 11 is 0. The van der Waals surface area contributed by atoms with Crippen LogP contribution in [0.5, 0.6) is 0 Å². The summed E-state index contributed by atoms with van der Waals surface area (Å²) in [4.78, 5) is 4.17. The molecule has 3 nitrogen and oxygen atoms in total. The third kappa shape index (κ3) is 3.34. The lowest BCUT2D eigenvalue weighted by molar-refractivity contribution is -0.130. The van der Waals surface area contributed by atoms with Crippen LogP contribution in [0.2, 0.25) is 0 Å². The Labute approximate surface area is 113 Å². The molecule has 120 valence electrons. The van der Waals surface area contributed by atoms with Crippen LogP contribution >= 0.6 is 9.84 Å². The SMILES string of the molecule is Nc1nc2ccc(S(F)(F)(F)(F)CCC(F)(F)F)cc2[nH]1. The van der Waals surface area contributed by atoms with Crippen LogP contribution < -0.4 is 5.73 Å². The lowest BCUT2D eigenvalue weighted by Crippen LogP contribution is -2.23. The van der Waals surface area contributed by atoms with Crippen LogP contribution in [-0.2, 0) is 0 Å². The minimum Gasteiger partial charge on any atom is -0.369 e. The van der Waals surface area contributed by atoms with Gasteiger partial charge in [0.2, 0.25) is 0 Å². The average Bonchev–Trinajstić information content (AvgIpc) is 2.64. The molecule has 0 aliphatic carbocycles. The van der Waals surface area contributed by atoms with E-state index in [0.717, 1.165) is 6.07 Å². The topological polar surface area (TPSA) is 54.7 Å². The number of halogens is 7. The number of hydrogen-bond acceptors (Lipinski definition) is 2. The van der Waals surface area contributed by atoms with E-state index in [1.54, 1.807) is 0 Å². The second-order valence-electron chi connectivity index (χ2n) is 4.61. The summed E-state index contributed by atoms with van der Waals surface area (Å²) in [6.07, 6.45) is -7.39. The van der Waals surface area contributed by atoms with E-state index >= 15 is 0 Å². The first kappa shape index (κ1) is 15.7. The van der Waals surface area contributed by atoms with Crippen LogP contribution in [0.3, 0.4) is 0 Å². The molecule has 0 atom stereocenters. The van der Waals surface area contributed by atoms with Gasteiger partial charge in [-0.25, -0.2) is 4.98 Å². The van der Waals surface area contributed by atoms with Gasteiger partial charge in [0.05, 0.1) is 28.1 Å².